The van der Waals surface area contributed by atoms with E-state index in [2.05, 4.69) is 5.32 Å². The fourth-order valence-corrected chi connectivity index (χ4v) is 2.69. The molecule has 16 heavy (non-hydrogen) atoms. The first-order valence-electron chi connectivity index (χ1n) is 6.23. The Morgan fingerprint density at radius 1 is 1.38 bits per heavy atom. The molecule has 2 saturated heterocycles. The minimum Gasteiger partial charge on any atom is -0.371 e. The molecule has 0 spiro atoms. The molecule has 1 amide bonds. The van der Waals surface area contributed by atoms with Gasteiger partial charge in [-0.2, -0.15) is 0 Å². The summed E-state index contributed by atoms with van der Waals surface area (Å²) in [5.41, 5.74) is -0.453. The number of rotatable bonds is 3. The second-order valence-electron chi connectivity index (χ2n) is 5.32. The van der Waals surface area contributed by atoms with E-state index in [1.165, 1.54) is 0 Å². The van der Waals surface area contributed by atoms with Crippen LogP contribution in [0.15, 0.2) is 0 Å². The van der Waals surface area contributed by atoms with Gasteiger partial charge in [0.15, 0.2) is 0 Å². The summed E-state index contributed by atoms with van der Waals surface area (Å²) in [6, 6.07) is 0. The van der Waals surface area contributed by atoms with E-state index < -0.39 is 5.54 Å². The van der Waals surface area contributed by atoms with Crippen LogP contribution in [-0.2, 0) is 9.53 Å². The quantitative estimate of drug-likeness (QED) is 0.772. The molecule has 0 aromatic heterocycles. The number of ether oxygens (including phenoxy) is 1. The van der Waals surface area contributed by atoms with E-state index in [1.807, 2.05) is 25.7 Å². The van der Waals surface area contributed by atoms with Gasteiger partial charge in [0.25, 0.3) is 0 Å². The monoisotopic (exact) mass is 226 g/mol. The second kappa shape index (κ2) is 4.34. The first-order chi connectivity index (χ1) is 7.53. The summed E-state index contributed by atoms with van der Waals surface area (Å²) >= 11 is 0. The molecule has 2 unspecified atom stereocenters. The summed E-state index contributed by atoms with van der Waals surface area (Å²) in [5.74, 6) is 0.203. The van der Waals surface area contributed by atoms with Crippen LogP contribution in [0.1, 0.15) is 33.6 Å². The third-order valence-corrected chi connectivity index (χ3v) is 3.48. The van der Waals surface area contributed by atoms with E-state index in [0.29, 0.717) is 0 Å². The van der Waals surface area contributed by atoms with Gasteiger partial charge in [-0.3, -0.25) is 4.79 Å². The smallest absolute Gasteiger partial charge is 0.242 e. The normalized spacial score (nSPS) is 29.6. The van der Waals surface area contributed by atoms with Crippen LogP contribution in [0.3, 0.4) is 0 Å². The predicted octanol–water partition coefficient (Wildman–Crippen LogP) is 0.764. The molecule has 0 aromatic carbocycles. The van der Waals surface area contributed by atoms with E-state index >= 15 is 0 Å². The van der Waals surface area contributed by atoms with Crippen LogP contribution in [0.25, 0.3) is 0 Å². The Morgan fingerprint density at radius 3 is 2.44 bits per heavy atom. The van der Waals surface area contributed by atoms with Gasteiger partial charge in [0.2, 0.25) is 5.91 Å². The topological polar surface area (TPSA) is 41.6 Å². The minimum absolute atomic E-state index is 0.203. The average Bonchev–Trinajstić information content (AvgIpc) is 2.56. The standard InChI is InChI=1S/C12H22N2O2/c1-4-13-12(2,3)11(15)14-7-9-5-6-10(8-14)16-9/h9-10,13H,4-8H2,1-3H3. The van der Waals surface area contributed by atoms with Crippen molar-refractivity contribution in [3.05, 3.63) is 0 Å². The van der Waals surface area contributed by atoms with Crippen LogP contribution in [-0.4, -0.2) is 48.2 Å². The van der Waals surface area contributed by atoms with Crippen molar-refractivity contribution in [3.8, 4) is 0 Å². The maximum absolute atomic E-state index is 12.3. The van der Waals surface area contributed by atoms with Crippen LogP contribution in [0, 0.1) is 0 Å². The first kappa shape index (κ1) is 11.9. The Hall–Kier alpha value is -0.610. The Balaban J connectivity index is 1.99. The van der Waals surface area contributed by atoms with Gasteiger partial charge in [0.05, 0.1) is 17.7 Å². The number of hydrogen-bond donors (Lipinski definition) is 1. The summed E-state index contributed by atoms with van der Waals surface area (Å²) < 4.78 is 5.74. The van der Waals surface area contributed by atoms with E-state index in [0.717, 1.165) is 32.5 Å². The van der Waals surface area contributed by atoms with Gasteiger partial charge in [-0.25, -0.2) is 0 Å². The van der Waals surface area contributed by atoms with Gasteiger partial charge in [-0.15, -0.1) is 0 Å². The van der Waals surface area contributed by atoms with Gasteiger partial charge in [-0.05, 0) is 33.2 Å². The lowest BCUT2D eigenvalue weighted by atomic mass is 10.0. The molecule has 4 nitrogen and oxygen atoms in total. The van der Waals surface area contributed by atoms with Gasteiger partial charge < -0.3 is 15.0 Å². The highest BCUT2D eigenvalue weighted by molar-refractivity contribution is 5.85. The fraction of sp³-hybridized carbons (Fsp3) is 0.917. The first-order valence-corrected chi connectivity index (χ1v) is 6.23. The molecule has 1 N–H and O–H groups in total. The summed E-state index contributed by atoms with van der Waals surface area (Å²) in [6.45, 7) is 8.29. The molecule has 0 aromatic rings. The number of amides is 1. The number of nitrogens with one attached hydrogen (secondary N) is 1. The van der Waals surface area contributed by atoms with E-state index in [1.54, 1.807) is 0 Å². The molecule has 0 aliphatic carbocycles. The van der Waals surface area contributed by atoms with Crippen LogP contribution in [0.2, 0.25) is 0 Å². The fourth-order valence-electron chi connectivity index (χ4n) is 2.69. The van der Waals surface area contributed by atoms with E-state index in [4.69, 9.17) is 4.74 Å². The van der Waals surface area contributed by atoms with Gasteiger partial charge in [0, 0.05) is 13.1 Å². The highest BCUT2D eigenvalue weighted by atomic mass is 16.5. The van der Waals surface area contributed by atoms with Crippen LogP contribution in [0.4, 0.5) is 0 Å². The number of carbonyl (C=O) groups excluding carboxylic acids is 1. The maximum atomic E-state index is 12.3. The van der Waals surface area contributed by atoms with Crippen molar-refractivity contribution in [2.24, 2.45) is 0 Å². The highest BCUT2D eigenvalue weighted by Crippen LogP contribution is 2.27. The molecule has 2 aliphatic heterocycles. The molecule has 2 aliphatic rings. The number of fused-ring (bicyclic) bond motifs is 2. The lowest BCUT2D eigenvalue weighted by Crippen LogP contribution is -2.57. The third-order valence-electron chi connectivity index (χ3n) is 3.48. The summed E-state index contributed by atoms with van der Waals surface area (Å²) in [4.78, 5) is 14.3. The number of morpholine rings is 1. The zero-order chi connectivity index (χ0) is 11.8. The van der Waals surface area contributed by atoms with Gasteiger partial charge >= 0.3 is 0 Å². The molecule has 0 radical (unpaired) electrons. The number of likely N-dealkylation sites (tertiary alicyclic amines) is 1. The highest BCUT2D eigenvalue weighted by Gasteiger charge is 2.39. The number of hydrogen-bond acceptors (Lipinski definition) is 3. The Labute approximate surface area is 97.3 Å². The number of likely N-dealkylation sites (N-methyl/N-ethyl adjacent to an activating group) is 1. The van der Waals surface area contributed by atoms with Crippen molar-refractivity contribution in [3.63, 3.8) is 0 Å². The van der Waals surface area contributed by atoms with E-state index in [9.17, 15) is 4.79 Å². The molecular formula is C12H22N2O2. The molecule has 2 rings (SSSR count). The maximum Gasteiger partial charge on any atom is 0.242 e. The SMILES string of the molecule is CCNC(C)(C)C(=O)N1CC2CCC(C1)O2. The van der Waals surface area contributed by atoms with E-state index in [-0.39, 0.29) is 18.1 Å². The summed E-state index contributed by atoms with van der Waals surface area (Å²) in [6.07, 6.45) is 2.77. The Bertz CT molecular complexity index is 266. The van der Waals surface area contributed by atoms with Crippen molar-refractivity contribution in [1.82, 2.24) is 10.2 Å². The largest absolute Gasteiger partial charge is 0.371 e. The molecule has 2 heterocycles. The second-order valence-corrected chi connectivity index (χ2v) is 5.32. The van der Waals surface area contributed by atoms with Crippen molar-refractivity contribution in [1.29, 1.82) is 0 Å². The molecule has 2 fully saturated rings. The van der Waals surface area contributed by atoms with Crippen molar-refractivity contribution in [2.45, 2.75) is 51.4 Å². The molecule has 0 saturated carbocycles. The summed E-state index contributed by atoms with van der Waals surface area (Å²) in [5, 5.41) is 3.24. The summed E-state index contributed by atoms with van der Waals surface area (Å²) in [7, 11) is 0. The van der Waals surface area contributed by atoms with Crippen molar-refractivity contribution >= 4 is 5.91 Å². The predicted molar refractivity (Wildman–Crippen MR) is 62.2 cm³/mol. The van der Waals surface area contributed by atoms with Gasteiger partial charge in [-0.1, -0.05) is 6.92 Å². The molecule has 92 valence electrons. The third kappa shape index (κ3) is 2.23. The van der Waals surface area contributed by atoms with Crippen LogP contribution < -0.4 is 5.32 Å². The number of carbonyl (C=O) groups is 1. The molecule has 2 atom stereocenters. The lowest BCUT2D eigenvalue weighted by molar-refractivity contribution is -0.145. The minimum atomic E-state index is -0.453. The Kier molecular flexibility index (Phi) is 3.22. The van der Waals surface area contributed by atoms with Crippen LogP contribution >= 0.6 is 0 Å². The van der Waals surface area contributed by atoms with Crippen molar-refractivity contribution in [2.75, 3.05) is 19.6 Å². The zero-order valence-corrected chi connectivity index (χ0v) is 10.5. The van der Waals surface area contributed by atoms with Crippen LogP contribution in [0.5, 0.6) is 0 Å². The number of nitrogens with zero attached hydrogens (tertiary/aromatic N) is 1. The molecule has 4 heteroatoms. The van der Waals surface area contributed by atoms with Gasteiger partial charge in [0.1, 0.15) is 0 Å². The lowest BCUT2D eigenvalue weighted by Gasteiger charge is -2.37. The molecular weight excluding hydrogens is 204 g/mol. The average molecular weight is 226 g/mol. The Morgan fingerprint density at radius 2 is 1.94 bits per heavy atom. The zero-order valence-electron chi connectivity index (χ0n) is 10.5. The molecule has 2 bridgehead atoms. The van der Waals surface area contributed by atoms with Crippen molar-refractivity contribution < 1.29 is 9.53 Å².